The molecular weight excluding hydrogens is 308 g/mol. The Labute approximate surface area is 132 Å². The van der Waals surface area contributed by atoms with Crippen LogP contribution in [0.3, 0.4) is 0 Å². The molecule has 23 heavy (non-hydrogen) atoms. The van der Waals surface area contributed by atoms with E-state index in [-0.39, 0.29) is 35.7 Å². The number of hydrogen-bond donors (Lipinski definition) is 1. The Morgan fingerprint density at radius 1 is 1.35 bits per heavy atom. The van der Waals surface area contributed by atoms with E-state index in [1.165, 1.54) is 27.2 Å². The number of nitro benzene ring substituents is 1. The van der Waals surface area contributed by atoms with Crippen LogP contribution in [0.1, 0.15) is 15.9 Å². The van der Waals surface area contributed by atoms with E-state index in [1.54, 1.807) is 0 Å². The molecule has 9 heteroatoms. The normalized spacial score (nSPS) is 10.2. The molecule has 1 aromatic carbocycles. The van der Waals surface area contributed by atoms with Crippen molar-refractivity contribution in [2.75, 3.05) is 33.9 Å². The van der Waals surface area contributed by atoms with Gasteiger partial charge in [-0.15, -0.1) is 0 Å². The van der Waals surface area contributed by atoms with Crippen LogP contribution in [0.5, 0.6) is 5.75 Å². The van der Waals surface area contributed by atoms with Gasteiger partial charge in [-0.25, -0.2) is 0 Å². The summed E-state index contributed by atoms with van der Waals surface area (Å²) >= 11 is 0. The van der Waals surface area contributed by atoms with Crippen LogP contribution < -0.4 is 4.74 Å². The number of carbonyl (C=O) groups excluding carboxylic acids is 1. The average Bonchev–Trinajstić information content (AvgIpc) is 2.50. The number of amides is 1. The highest BCUT2D eigenvalue weighted by Crippen LogP contribution is 2.29. The number of hydrogen-bond acceptors (Lipinski definition) is 6. The largest absolute Gasteiger partial charge is 0.496 e. The van der Waals surface area contributed by atoms with Gasteiger partial charge in [0.05, 0.1) is 29.8 Å². The SMILES string of the molecule is COCCN(CC(=O)O)C(=O)c1cc(OC)c(C)c([N+](=O)[O-])c1. The topological polar surface area (TPSA) is 119 Å². The van der Waals surface area contributed by atoms with Gasteiger partial charge in [0.15, 0.2) is 0 Å². The summed E-state index contributed by atoms with van der Waals surface area (Å²) in [7, 11) is 2.75. The van der Waals surface area contributed by atoms with E-state index in [2.05, 4.69) is 0 Å². The molecule has 1 N–H and O–H groups in total. The molecule has 1 rings (SSSR count). The van der Waals surface area contributed by atoms with Gasteiger partial charge in [-0.05, 0) is 13.0 Å². The summed E-state index contributed by atoms with van der Waals surface area (Å²) in [5.41, 5.74) is 0.00180. The standard InChI is InChI=1S/C14H18N2O7/c1-9-11(16(20)21)6-10(7-12(9)23-3)14(19)15(4-5-22-2)8-13(17)18/h6-7H,4-5,8H2,1-3H3,(H,17,18). The van der Waals surface area contributed by atoms with Gasteiger partial charge in [-0.1, -0.05) is 0 Å². The third-order valence-electron chi connectivity index (χ3n) is 3.17. The maximum atomic E-state index is 12.5. The van der Waals surface area contributed by atoms with E-state index in [1.807, 2.05) is 0 Å². The van der Waals surface area contributed by atoms with Crippen molar-refractivity contribution in [3.8, 4) is 5.75 Å². The molecule has 0 heterocycles. The highest BCUT2D eigenvalue weighted by atomic mass is 16.6. The molecular formula is C14H18N2O7. The van der Waals surface area contributed by atoms with Crippen LogP contribution in [0.15, 0.2) is 12.1 Å². The average molecular weight is 326 g/mol. The number of aliphatic carboxylic acids is 1. The third kappa shape index (κ3) is 4.65. The van der Waals surface area contributed by atoms with Gasteiger partial charge in [-0.2, -0.15) is 0 Å². The summed E-state index contributed by atoms with van der Waals surface area (Å²) < 4.78 is 9.90. The fourth-order valence-corrected chi connectivity index (χ4v) is 2.00. The molecule has 0 radical (unpaired) electrons. The fraction of sp³-hybridized carbons (Fsp3) is 0.429. The number of ether oxygens (including phenoxy) is 2. The summed E-state index contributed by atoms with van der Waals surface area (Å²) in [6.45, 7) is 1.16. The molecule has 9 nitrogen and oxygen atoms in total. The van der Waals surface area contributed by atoms with E-state index in [9.17, 15) is 19.7 Å². The second-order valence-electron chi connectivity index (χ2n) is 4.69. The molecule has 0 aliphatic rings. The van der Waals surface area contributed by atoms with E-state index in [0.717, 1.165) is 11.0 Å². The van der Waals surface area contributed by atoms with Crippen LogP contribution in [-0.4, -0.2) is 60.7 Å². The quantitative estimate of drug-likeness (QED) is 0.561. The minimum Gasteiger partial charge on any atom is -0.496 e. The van der Waals surface area contributed by atoms with Crippen molar-refractivity contribution in [1.29, 1.82) is 0 Å². The predicted molar refractivity (Wildman–Crippen MR) is 79.8 cm³/mol. The van der Waals surface area contributed by atoms with Crippen molar-refractivity contribution in [2.24, 2.45) is 0 Å². The van der Waals surface area contributed by atoms with E-state index in [4.69, 9.17) is 14.6 Å². The lowest BCUT2D eigenvalue weighted by molar-refractivity contribution is -0.385. The first kappa shape index (κ1) is 18.4. The molecule has 126 valence electrons. The fourth-order valence-electron chi connectivity index (χ4n) is 2.00. The van der Waals surface area contributed by atoms with Crippen LogP contribution in [0.25, 0.3) is 0 Å². The van der Waals surface area contributed by atoms with Crippen LogP contribution in [0.4, 0.5) is 5.69 Å². The zero-order valence-corrected chi connectivity index (χ0v) is 13.1. The molecule has 0 unspecified atom stereocenters. The Morgan fingerprint density at radius 3 is 2.48 bits per heavy atom. The highest BCUT2D eigenvalue weighted by Gasteiger charge is 2.24. The molecule has 0 saturated carbocycles. The van der Waals surface area contributed by atoms with Crippen molar-refractivity contribution in [2.45, 2.75) is 6.92 Å². The second kappa shape index (κ2) is 8.08. The van der Waals surface area contributed by atoms with Crippen LogP contribution in [0, 0.1) is 17.0 Å². The molecule has 0 aliphatic heterocycles. The number of carboxylic acids is 1. The first-order chi connectivity index (χ1) is 10.8. The van der Waals surface area contributed by atoms with Gasteiger partial charge in [-0.3, -0.25) is 19.7 Å². The number of nitro groups is 1. The van der Waals surface area contributed by atoms with Crippen molar-refractivity contribution in [1.82, 2.24) is 4.90 Å². The first-order valence-corrected chi connectivity index (χ1v) is 6.64. The molecule has 0 spiro atoms. The second-order valence-corrected chi connectivity index (χ2v) is 4.69. The van der Waals surface area contributed by atoms with Crippen LogP contribution in [0.2, 0.25) is 0 Å². The van der Waals surface area contributed by atoms with Gasteiger partial charge in [0.1, 0.15) is 12.3 Å². The van der Waals surface area contributed by atoms with Gasteiger partial charge in [0, 0.05) is 19.7 Å². The van der Waals surface area contributed by atoms with E-state index in [0.29, 0.717) is 0 Å². The minimum absolute atomic E-state index is 0.0171. The summed E-state index contributed by atoms with van der Waals surface area (Å²) in [5, 5.41) is 20.0. The summed E-state index contributed by atoms with van der Waals surface area (Å²) in [6.07, 6.45) is 0. The van der Waals surface area contributed by atoms with Gasteiger partial charge in [0.25, 0.3) is 11.6 Å². The number of rotatable bonds is 8. The number of benzene rings is 1. The zero-order valence-electron chi connectivity index (χ0n) is 13.1. The van der Waals surface area contributed by atoms with E-state index >= 15 is 0 Å². The molecule has 0 atom stereocenters. The maximum absolute atomic E-state index is 12.5. The van der Waals surface area contributed by atoms with Crippen molar-refractivity contribution in [3.05, 3.63) is 33.4 Å². The van der Waals surface area contributed by atoms with Gasteiger partial charge < -0.3 is 19.5 Å². The molecule has 0 bridgehead atoms. The van der Waals surface area contributed by atoms with Crippen LogP contribution >= 0.6 is 0 Å². The molecule has 1 aromatic rings. The Bertz CT molecular complexity index is 615. The smallest absolute Gasteiger partial charge is 0.323 e. The zero-order chi connectivity index (χ0) is 17.6. The Hall–Kier alpha value is -2.68. The highest BCUT2D eigenvalue weighted by molar-refractivity contribution is 5.97. The molecule has 0 aliphatic carbocycles. The van der Waals surface area contributed by atoms with Crippen molar-refractivity contribution >= 4 is 17.6 Å². The monoisotopic (exact) mass is 326 g/mol. The van der Waals surface area contributed by atoms with Crippen LogP contribution in [-0.2, 0) is 9.53 Å². The Balaban J connectivity index is 3.24. The van der Waals surface area contributed by atoms with E-state index < -0.39 is 23.3 Å². The summed E-state index contributed by atoms with van der Waals surface area (Å²) in [5.74, 6) is -1.65. The van der Waals surface area contributed by atoms with Crippen molar-refractivity contribution < 1.29 is 29.1 Å². The first-order valence-electron chi connectivity index (χ1n) is 6.64. The lowest BCUT2D eigenvalue weighted by Gasteiger charge is -2.20. The maximum Gasteiger partial charge on any atom is 0.323 e. The summed E-state index contributed by atoms with van der Waals surface area (Å²) in [4.78, 5) is 34.9. The summed E-state index contributed by atoms with van der Waals surface area (Å²) in [6, 6.07) is 2.47. The van der Waals surface area contributed by atoms with Crippen molar-refractivity contribution in [3.63, 3.8) is 0 Å². The number of carboxylic acid groups (broad SMARTS) is 1. The predicted octanol–water partition coefficient (Wildman–Crippen LogP) is 1.09. The molecule has 0 aromatic heterocycles. The Kier molecular flexibility index (Phi) is 6.46. The minimum atomic E-state index is -1.19. The van der Waals surface area contributed by atoms with Gasteiger partial charge >= 0.3 is 5.97 Å². The van der Waals surface area contributed by atoms with Gasteiger partial charge in [0.2, 0.25) is 0 Å². The molecule has 0 saturated heterocycles. The number of nitrogens with zero attached hydrogens (tertiary/aromatic N) is 2. The third-order valence-corrected chi connectivity index (χ3v) is 3.17. The lowest BCUT2D eigenvalue weighted by atomic mass is 10.1. The number of methoxy groups -OCH3 is 2. The number of carbonyl (C=O) groups is 2. The molecule has 1 amide bonds. The lowest BCUT2D eigenvalue weighted by Crippen LogP contribution is -2.38. The Morgan fingerprint density at radius 2 is 2.00 bits per heavy atom. The molecule has 0 fully saturated rings.